The van der Waals surface area contributed by atoms with Gasteiger partial charge in [0.2, 0.25) is 6.41 Å². The summed E-state index contributed by atoms with van der Waals surface area (Å²) < 4.78 is 14.3. The van der Waals surface area contributed by atoms with Gasteiger partial charge in [-0.3, -0.25) is 4.79 Å². The molecular weight excluding hydrogens is 363 g/mol. The Bertz CT molecular complexity index is 856. The molecule has 142 valence electrons. The first-order chi connectivity index (χ1) is 13.1. The first-order valence-electron chi connectivity index (χ1n) is 9.68. The van der Waals surface area contributed by atoms with Crippen LogP contribution < -0.4 is 4.90 Å². The Hall–Kier alpha value is -2.07. The highest BCUT2D eigenvalue weighted by atomic mass is 35.5. The average molecular weight is 387 g/mol. The summed E-state index contributed by atoms with van der Waals surface area (Å²) in [6, 6.07) is 11.1. The molecule has 2 aliphatic heterocycles. The number of hydrogen-bond donors (Lipinski definition) is 0. The summed E-state index contributed by atoms with van der Waals surface area (Å²) in [6.45, 7) is 3.65. The van der Waals surface area contributed by atoms with Crippen LogP contribution in [0, 0.1) is 5.82 Å². The van der Waals surface area contributed by atoms with Gasteiger partial charge in [-0.05, 0) is 48.6 Å². The summed E-state index contributed by atoms with van der Waals surface area (Å²) in [4.78, 5) is 16.1. The third kappa shape index (κ3) is 3.20. The van der Waals surface area contributed by atoms with E-state index in [-0.39, 0.29) is 17.9 Å². The van der Waals surface area contributed by atoms with Crippen molar-refractivity contribution in [1.29, 1.82) is 0 Å². The van der Waals surface area contributed by atoms with Crippen molar-refractivity contribution in [2.45, 2.75) is 44.7 Å². The molecule has 3 nitrogen and oxygen atoms in total. The van der Waals surface area contributed by atoms with Crippen molar-refractivity contribution in [2.75, 3.05) is 18.0 Å². The SMILES string of the molecule is CCCCN(C=O)C1CC(c2ccccc2Cl)N2CCc3cc(F)cc1c32. The number of hydrogen-bond acceptors (Lipinski definition) is 2. The molecule has 4 rings (SSSR count). The van der Waals surface area contributed by atoms with Crippen LogP contribution in [0.4, 0.5) is 10.1 Å². The molecule has 2 aliphatic rings. The largest absolute Gasteiger partial charge is 0.363 e. The highest BCUT2D eigenvalue weighted by Crippen LogP contribution is 2.51. The minimum absolute atomic E-state index is 0.0898. The molecule has 2 unspecified atom stereocenters. The molecule has 2 heterocycles. The van der Waals surface area contributed by atoms with E-state index in [1.807, 2.05) is 23.1 Å². The van der Waals surface area contributed by atoms with Gasteiger partial charge in [0, 0.05) is 29.4 Å². The number of nitrogens with zero attached hydrogens (tertiary/aromatic N) is 2. The minimum atomic E-state index is -0.215. The van der Waals surface area contributed by atoms with Gasteiger partial charge in [-0.1, -0.05) is 43.1 Å². The number of benzene rings is 2. The minimum Gasteiger partial charge on any atom is -0.363 e. The molecule has 0 spiro atoms. The third-order valence-electron chi connectivity index (χ3n) is 5.84. The van der Waals surface area contributed by atoms with Crippen LogP contribution in [0.2, 0.25) is 5.02 Å². The van der Waals surface area contributed by atoms with Crippen LogP contribution in [0.3, 0.4) is 0 Å². The summed E-state index contributed by atoms with van der Waals surface area (Å²) in [5.74, 6) is -0.215. The molecule has 2 atom stereocenters. The van der Waals surface area contributed by atoms with Gasteiger partial charge >= 0.3 is 0 Å². The summed E-state index contributed by atoms with van der Waals surface area (Å²) in [5.41, 5.74) is 4.15. The molecule has 0 aliphatic carbocycles. The van der Waals surface area contributed by atoms with Crippen LogP contribution in [0.15, 0.2) is 36.4 Å². The van der Waals surface area contributed by atoms with Gasteiger partial charge in [0.15, 0.2) is 0 Å². The molecule has 0 aromatic heterocycles. The summed E-state index contributed by atoms with van der Waals surface area (Å²) >= 11 is 6.52. The van der Waals surface area contributed by atoms with Crippen molar-refractivity contribution >= 4 is 23.7 Å². The van der Waals surface area contributed by atoms with Crippen LogP contribution >= 0.6 is 11.6 Å². The molecule has 0 bridgehead atoms. The van der Waals surface area contributed by atoms with Crippen LogP contribution in [0.1, 0.15) is 55.0 Å². The molecule has 0 radical (unpaired) electrons. The van der Waals surface area contributed by atoms with Crippen molar-refractivity contribution in [3.8, 4) is 0 Å². The molecule has 0 N–H and O–H groups in total. The van der Waals surface area contributed by atoms with E-state index in [2.05, 4.69) is 17.9 Å². The number of rotatable bonds is 6. The molecule has 0 saturated heterocycles. The van der Waals surface area contributed by atoms with Crippen LogP contribution in [0.25, 0.3) is 0 Å². The summed E-state index contributed by atoms with van der Waals surface area (Å²) in [7, 11) is 0. The van der Waals surface area contributed by atoms with Crippen LogP contribution in [-0.4, -0.2) is 24.4 Å². The maximum Gasteiger partial charge on any atom is 0.210 e. The first-order valence-corrected chi connectivity index (χ1v) is 10.1. The molecule has 0 saturated carbocycles. The lowest BCUT2D eigenvalue weighted by Crippen LogP contribution is -2.39. The Kier molecular flexibility index (Phi) is 5.09. The zero-order chi connectivity index (χ0) is 19.0. The molecule has 27 heavy (non-hydrogen) atoms. The summed E-state index contributed by atoms with van der Waals surface area (Å²) in [5, 5.41) is 0.742. The fraction of sp³-hybridized carbons (Fsp3) is 0.409. The number of carbonyl (C=O) groups excluding carboxylic acids is 1. The predicted molar refractivity (Wildman–Crippen MR) is 107 cm³/mol. The van der Waals surface area contributed by atoms with Crippen molar-refractivity contribution in [3.05, 3.63) is 63.9 Å². The van der Waals surface area contributed by atoms with E-state index in [0.717, 1.165) is 66.0 Å². The Balaban J connectivity index is 1.82. The fourth-order valence-corrected chi connectivity index (χ4v) is 4.84. The molecule has 2 aromatic carbocycles. The van der Waals surface area contributed by atoms with Crippen LogP contribution in [0.5, 0.6) is 0 Å². The van der Waals surface area contributed by atoms with E-state index >= 15 is 0 Å². The Morgan fingerprint density at radius 2 is 2.11 bits per heavy atom. The second kappa shape index (κ2) is 7.51. The van der Waals surface area contributed by atoms with E-state index in [0.29, 0.717) is 6.54 Å². The Morgan fingerprint density at radius 3 is 2.85 bits per heavy atom. The van der Waals surface area contributed by atoms with Gasteiger partial charge in [0.25, 0.3) is 0 Å². The maximum atomic E-state index is 14.3. The third-order valence-corrected chi connectivity index (χ3v) is 6.19. The smallest absolute Gasteiger partial charge is 0.210 e. The standard InChI is InChI=1S/C22H24ClFN2O/c1-2-3-9-25(14-27)20-13-21(17-6-4-5-7-19(17)23)26-10-8-15-11-16(24)12-18(20)22(15)26/h4-7,11-12,14,20-21H,2-3,8-10,13H2,1H3. The van der Waals surface area contributed by atoms with Crippen LogP contribution in [-0.2, 0) is 11.2 Å². The van der Waals surface area contributed by atoms with E-state index < -0.39 is 0 Å². The highest BCUT2D eigenvalue weighted by molar-refractivity contribution is 6.31. The number of carbonyl (C=O) groups is 1. The molecule has 1 amide bonds. The second-order valence-corrected chi connectivity index (χ2v) is 7.84. The van der Waals surface area contributed by atoms with E-state index in [1.54, 1.807) is 12.1 Å². The van der Waals surface area contributed by atoms with Crippen molar-refractivity contribution in [1.82, 2.24) is 4.90 Å². The summed E-state index contributed by atoms with van der Waals surface area (Å²) in [6.07, 6.45) is 4.42. The van der Waals surface area contributed by atoms with Gasteiger partial charge in [-0.25, -0.2) is 4.39 Å². The predicted octanol–water partition coefficient (Wildman–Crippen LogP) is 5.29. The van der Waals surface area contributed by atoms with Gasteiger partial charge in [0.1, 0.15) is 5.82 Å². The topological polar surface area (TPSA) is 23.6 Å². The van der Waals surface area contributed by atoms with Gasteiger partial charge in [0.05, 0.1) is 12.1 Å². The molecular formula is C22H24ClFN2O. The van der Waals surface area contributed by atoms with Gasteiger partial charge in [-0.2, -0.15) is 0 Å². The molecule has 0 fully saturated rings. The number of amides is 1. The Morgan fingerprint density at radius 1 is 1.30 bits per heavy atom. The van der Waals surface area contributed by atoms with Crippen molar-refractivity contribution < 1.29 is 9.18 Å². The highest BCUT2D eigenvalue weighted by Gasteiger charge is 2.40. The van der Waals surface area contributed by atoms with E-state index in [4.69, 9.17) is 11.6 Å². The lowest BCUT2D eigenvalue weighted by atomic mass is 9.86. The average Bonchev–Trinajstić information content (AvgIpc) is 3.09. The van der Waals surface area contributed by atoms with E-state index in [1.165, 1.54) is 0 Å². The second-order valence-electron chi connectivity index (χ2n) is 7.43. The Labute approximate surface area is 164 Å². The van der Waals surface area contributed by atoms with Gasteiger partial charge < -0.3 is 9.80 Å². The zero-order valence-corrected chi connectivity index (χ0v) is 16.3. The molecule has 5 heteroatoms. The van der Waals surface area contributed by atoms with Crippen molar-refractivity contribution in [3.63, 3.8) is 0 Å². The number of anilines is 1. The maximum absolute atomic E-state index is 14.3. The lowest BCUT2D eigenvalue weighted by molar-refractivity contribution is -0.120. The zero-order valence-electron chi connectivity index (χ0n) is 15.5. The number of unbranched alkanes of at least 4 members (excludes halogenated alkanes) is 1. The number of halogens is 2. The fourth-order valence-electron chi connectivity index (χ4n) is 4.58. The monoisotopic (exact) mass is 386 g/mol. The van der Waals surface area contributed by atoms with Gasteiger partial charge in [-0.15, -0.1) is 0 Å². The normalized spacial score (nSPS) is 20.5. The van der Waals surface area contributed by atoms with Crippen molar-refractivity contribution in [2.24, 2.45) is 0 Å². The molecule has 2 aromatic rings. The quantitative estimate of drug-likeness (QED) is 0.630. The lowest BCUT2D eigenvalue weighted by Gasteiger charge is -2.43. The first kappa shape index (κ1) is 18.3. The van der Waals surface area contributed by atoms with E-state index in [9.17, 15) is 9.18 Å².